The zero-order valence-electron chi connectivity index (χ0n) is 11.3. The van der Waals surface area contributed by atoms with Crippen LogP contribution in [0, 0.1) is 5.92 Å². The minimum absolute atomic E-state index is 0.00759. The lowest BCUT2D eigenvalue weighted by molar-refractivity contribution is -0.00620. The fourth-order valence-electron chi connectivity index (χ4n) is 3.54. The van der Waals surface area contributed by atoms with E-state index in [4.69, 9.17) is 4.74 Å². The summed E-state index contributed by atoms with van der Waals surface area (Å²) in [5.41, 5.74) is 3.52. The fraction of sp³-hybridized carbons (Fsp3) is 0.438. The van der Waals surface area contributed by atoms with E-state index in [0.29, 0.717) is 5.92 Å². The summed E-state index contributed by atoms with van der Waals surface area (Å²) in [7, 11) is 0. The van der Waals surface area contributed by atoms with Gasteiger partial charge in [0.2, 0.25) is 0 Å². The van der Waals surface area contributed by atoms with Crippen molar-refractivity contribution in [1.29, 1.82) is 0 Å². The number of aliphatic hydroxyl groups excluding tert-OH is 1. The van der Waals surface area contributed by atoms with Crippen molar-refractivity contribution in [1.82, 2.24) is 9.55 Å². The maximum atomic E-state index is 10.9. The van der Waals surface area contributed by atoms with Gasteiger partial charge in [0.15, 0.2) is 0 Å². The Hall–Kier alpha value is -1.65. The van der Waals surface area contributed by atoms with E-state index >= 15 is 0 Å². The van der Waals surface area contributed by atoms with Gasteiger partial charge in [0.1, 0.15) is 0 Å². The SMILES string of the molecule is O[C@H](C1CCOCC1)[C@H]1c2ccccc2-c2cncn21. The third-order valence-corrected chi connectivity index (χ3v) is 4.59. The molecule has 3 heterocycles. The molecule has 0 saturated carbocycles. The zero-order chi connectivity index (χ0) is 13.5. The first-order valence-corrected chi connectivity index (χ1v) is 7.23. The molecule has 0 unspecified atom stereocenters. The van der Waals surface area contributed by atoms with Crippen LogP contribution in [0.3, 0.4) is 0 Å². The Kier molecular flexibility index (Phi) is 2.86. The third-order valence-electron chi connectivity index (χ3n) is 4.59. The van der Waals surface area contributed by atoms with Crippen molar-refractivity contribution in [2.45, 2.75) is 25.0 Å². The van der Waals surface area contributed by atoms with Gasteiger partial charge >= 0.3 is 0 Å². The molecule has 2 aromatic rings. The number of imidazole rings is 1. The first kappa shape index (κ1) is 12.1. The van der Waals surface area contributed by atoms with Gasteiger partial charge in [0.05, 0.1) is 30.4 Å². The van der Waals surface area contributed by atoms with Gasteiger partial charge in [-0.05, 0) is 24.3 Å². The Morgan fingerprint density at radius 3 is 2.90 bits per heavy atom. The summed E-state index contributed by atoms with van der Waals surface area (Å²) in [6.07, 6.45) is 5.21. The molecule has 0 aliphatic carbocycles. The number of fused-ring (bicyclic) bond motifs is 3. The number of hydrogen-bond acceptors (Lipinski definition) is 3. The lowest BCUT2D eigenvalue weighted by Crippen LogP contribution is -2.34. The molecule has 4 heteroatoms. The van der Waals surface area contributed by atoms with Crippen LogP contribution in [0.2, 0.25) is 0 Å². The number of aliphatic hydroxyl groups is 1. The predicted molar refractivity (Wildman–Crippen MR) is 75.4 cm³/mol. The zero-order valence-corrected chi connectivity index (χ0v) is 11.3. The van der Waals surface area contributed by atoms with Gasteiger partial charge in [-0.25, -0.2) is 4.98 Å². The molecule has 2 aliphatic heterocycles. The highest BCUT2D eigenvalue weighted by Crippen LogP contribution is 2.43. The highest BCUT2D eigenvalue weighted by atomic mass is 16.5. The average Bonchev–Trinajstić information content (AvgIpc) is 3.08. The number of aromatic nitrogens is 2. The van der Waals surface area contributed by atoms with Gasteiger partial charge in [-0.15, -0.1) is 0 Å². The first-order chi connectivity index (χ1) is 9.86. The number of benzene rings is 1. The van der Waals surface area contributed by atoms with Crippen LogP contribution in [0.15, 0.2) is 36.8 Å². The lowest BCUT2D eigenvalue weighted by Gasteiger charge is -2.31. The number of hydrogen-bond donors (Lipinski definition) is 1. The molecule has 2 aliphatic rings. The third kappa shape index (κ3) is 1.72. The minimum atomic E-state index is -0.379. The molecule has 4 rings (SSSR count). The Morgan fingerprint density at radius 2 is 2.05 bits per heavy atom. The van der Waals surface area contributed by atoms with Gasteiger partial charge in [-0.2, -0.15) is 0 Å². The average molecular weight is 270 g/mol. The lowest BCUT2D eigenvalue weighted by atomic mass is 9.86. The molecule has 1 aromatic carbocycles. The van der Waals surface area contributed by atoms with E-state index < -0.39 is 0 Å². The Labute approximate surface area is 118 Å². The highest BCUT2D eigenvalue weighted by Gasteiger charge is 2.37. The molecular formula is C16H18N2O2. The van der Waals surface area contributed by atoms with Crippen LogP contribution < -0.4 is 0 Å². The van der Waals surface area contributed by atoms with Crippen LogP contribution in [0.1, 0.15) is 24.4 Å². The summed E-state index contributed by atoms with van der Waals surface area (Å²) >= 11 is 0. The van der Waals surface area contributed by atoms with E-state index in [0.717, 1.165) is 31.7 Å². The van der Waals surface area contributed by atoms with E-state index in [1.807, 2.05) is 24.7 Å². The van der Waals surface area contributed by atoms with Crippen molar-refractivity contribution in [3.63, 3.8) is 0 Å². The van der Waals surface area contributed by atoms with Crippen LogP contribution in [0.4, 0.5) is 0 Å². The Morgan fingerprint density at radius 1 is 1.25 bits per heavy atom. The monoisotopic (exact) mass is 270 g/mol. The van der Waals surface area contributed by atoms with Crippen LogP contribution in [0.5, 0.6) is 0 Å². The van der Waals surface area contributed by atoms with Crippen LogP contribution >= 0.6 is 0 Å². The maximum absolute atomic E-state index is 10.9. The molecular weight excluding hydrogens is 252 g/mol. The van der Waals surface area contributed by atoms with E-state index in [-0.39, 0.29) is 12.1 Å². The van der Waals surface area contributed by atoms with E-state index in [2.05, 4.69) is 21.7 Å². The molecule has 4 nitrogen and oxygen atoms in total. The second kappa shape index (κ2) is 4.72. The van der Waals surface area contributed by atoms with Crippen molar-refractivity contribution in [3.8, 4) is 11.3 Å². The largest absolute Gasteiger partial charge is 0.390 e. The molecule has 0 radical (unpaired) electrons. The Balaban J connectivity index is 1.74. The summed E-state index contributed by atoms with van der Waals surface area (Å²) in [5.74, 6) is 0.301. The van der Waals surface area contributed by atoms with E-state index in [9.17, 15) is 5.11 Å². The fourth-order valence-corrected chi connectivity index (χ4v) is 3.54. The second-order valence-corrected chi connectivity index (χ2v) is 5.66. The molecule has 0 bridgehead atoms. The smallest absolute Gasteiger partial charge is 0.0957 e. The second-order valence-electron chi connectivity index (χ2n) is 5.66. The summed E-state index contributed by atoms with van der Waals surface area (Å²) in [4.78, 5) is 4.25. The molecule has 0 spiro atoms. The normalized spacial score (nSPS) is 23.4. The quantitative estimate of drug-likeness (QED) is 0.910. The highest BCUT2D eigenvalue weighted by molar-refractivity contribution is 5.69. The van der Waals surface area contributed by atoms with Crippen molar-refractivity contribution < 1.29 is 9.84 Å². The predicted octanol–water partition coefficient (Wildman–Crippen LogP) is 2.24. The summed E-state index contributed by atoms with van der Waals surface area (Å²) < 4.78 is 7.52. The molecule has 1 aromatic heterocycles. The molecule has 104 valence electrons. The molecule has 0 amide bonds. The molecule has 20 heavy (non-hydrogen) atoms. The van der Waals surface area contributed by atoms with Gasteiger partial charge in [-0.1, -0.05) is 24.3 Å². The van der Waals surface area contributed by atoms with Gasteiger partial charge < -0.3 is 14.4 Å². The van der Waals surface area contributed by atoms with Crippen LogP contribution in [-0.2, 0) is 4.74 Å². The standard InChI is InChI=1S/C16H18N2O2/c19-16(11-5-7-20-8-6-11)15-13-4-2-1-3-12(13)14-9-17-10-18(14)15/h1-4,9-11,15-16,19H,5-8H2/t15-,16-/m1/s1. The maximum Gasteiger partial charge on any atom is 0.0957 e. The van der Waals surface area contributed by atoms with Gasteiger partial charge in [-0.3, -0.25) is 0 Å². The number of nitrogens with zero attached hydrogens (tertiary/aromatic N) is 2. The molecule has 1 fully saturated rings. The summed E-state index contributed by atoms with van der Waals surface area (Å²) in [6, 6.07) is 8.31. The molecule has 1 N–H and O–H groups in total. The Bertz CT molecular complexity index is 616. The van der Waals surface area contributed by atoms with Gasteiger partial charge in [0, 0.05) is 18.8 Å². The van der Waals surface area contributed by atoms with E-state index in [1.165, 1.54) is 11.1 Å². The number of ether oxygens (including phenoxy) is 1. The van der Waals surface area contributed by atoms with Gasteiger partial charge in [0.25, 0.3) is 0 Å². The van der Waals surface area contributed by atoms with E-state index in [1.54, 1.807) is 0 Å². The van der Waals surface area contributed by atoms with Crippen molar-refractivity contribution in [2.75, 3.05) is 13.2 Å². The van der Waals surface area contributed by atoms with Crippen LogP contribution in [0.25, 0.3) is 11.3 Å². The minimum Gasteiger partial charge on any atom is -0.390 e. The first-order valence-electron chi connectivity index (χ1n) is 7.23. The molecule has 1 saturated heterocycles. The van der Waals surface area contributed by atoms with Crippen molar-refractivity contribution in [3.05, 3.63) is 42.4 Å². The molecule has 2 atom stereocenters. The summed E-state index contributed by atoms with van der Waals surface area (Å²) in [6.45, 7) is 1.51. The topological polar surface area (TPSA) is 47.3 Å². The number of rotatable bonds is 2. The van der Waals surface area contributed by atoms with Crippen LogP contribution in [-0.4, -0.2) is 34.0 Å². The van der Waals surface area contributed by atoms with Crippen molar-refractivity contribution in [2.24, 2.45) is 5.92 Å². The summed E-state index contributed by atoms with van der Waals surface area (Å²) in [5, 5.41) is 10.9. The van der Waals surface area contributed by atoms with Crippen molar-refractivity contribution >= 4 is 0 Å².